The molecule has 5 amide bonds. The standard InChI is InChI=1S/C57H80F2N6O13SSi/c1-57(2,3)47(50-33-44(46-34-45(58)17-18-48(46)59)37-65(50)36-42-13-8-6-9-14-42)41-80(4,5)32-31-77-55(71)62-21-12-20-60-53(68)40-79-39-49(54(69)70)64-51(66)19-23-73-25-27-75-29-30-76-28-26-74-24-22-61-52(67)35-63-56(72)78-38-43-15-10-7-11-16-43/h6-11,13-18,33-34,37,47,49H,12,19-32,35-36,38-41H2,1-5H3,(H,60,68)(H,61,67)(H,62,71)(H,63,72)(H,64,66)(H,69,70)/t47-,49-/m0/s1. The molecular formula is C57H80F2N6O13SSi. The van der Waals surface area contributed by atoms with Gasteiger partial charge in [0.15, 0.2) is 0 Å². The van der Waals surface area contributed by atoms with Gasteiger partial charge in [-0.2, -0.15) is 0 Å². The van der Waals surface area contributed by atoms with Crippen LogP contribution in [0, 0.1) is 17.0 Å². The number of carbonyl (C=O) groups excluding carboxylic acids is 5. The van der Waals surface area contributed by atoms with Crippen molar-refractivity contribution in [2.24, 2.45) is 5.41 Å². The summed E-state index contributed by atoms with van der Waals surface area (Å²) in [5, 5.41) is 22.6. The van der Waals surface area contributed by atoms with Gasteiger partial charge in [0.05, 0.1) is 79.8 Å². The number of halogens is 2. The van der Waals surface area contributed by atoms with Gasteiger partial charge in [0.25, 0.3) is 0 Å². The Labute approximate surface area is 473 Å². The second kappa shape index (κ2) is 36.1. The highest BCUT2D eigenvalue weighted by molar-refractivity contribution is 8.00. The first kappa shape index (κ1) is 66.1. The molecular weight excluding hydrogens is 1070 g/mol. The van der Waals surface area contributed by atoms with Gasteiger partial charge in [-0.1, -0.05) is 94.5 Å². The summed E-state index contributed by atoms with van der Waals surface area (Å²) in [4.78, 5) is 72.9. The van der Waals surface area contributed by atoms with E-state index < -0.39 is 49.8 Å². The molecule has 0 saturated heterocycles. The lowest BCUT2D eigenvalue weighted by molar-refractivity contribution is -0.141. The quantitative estimate of drug-likeness (QED) is 0.0190. The molecule has 1 aromatic heterocycles. The molecule has 23 heteroatoms. The molecule has 0 aliphatic carbocycles. The molecule has 0 unspecified atom stereocenters. The first-order valence-corrected chi connectivity index (χ1v) is 31.4. The van der Waals surface area contributed by atoms with E-state index in [1.54, 1.807) is 0 Å². The third-order valence-corrected chi connectivity index (χ3v) is 16.5. The van der Waals surface area contributed by atoms with Crippen LogP contribution in [0.3, 0.4) is 0 Å². The molecule has 2 atom stereocenters. The summed E-state index contributed by atoms with van der Waals surface area (Å²) < 4.78 is 63.9. The summed E-state index contributed by atoms with van der Waals surface area (Å²) in [5.74, 6) is -3.45. The summed E-state index contributed by atoms with van der Waals surface area (Å²) in [6.07, 6.45) is 1.02. The fourth-order valence-electron chi connectivity index (χ4n) is 8.03. The molecule has 0 aliphatic rings. The Morgan fingerprint density at radius 3 is 1.93 bits per heavy atom. The van der Waals surface area contributed by atoms with E-state index in [9.17, 15) is 38.3 Å². The lowest BCUT2D eigenvalue weighted by Crippen LogP contribution is -2.43. The Kier molecular flexibility index (Phi) is 29.8. The largest absolute Gasteiger partial charge is 0.480 e. The van der Waals surface area contributed by atoms with E-state index in [1.807, 2.05) is 72.9 Å². The minimum absolute atomic E-state index is 0.0308. The second-order valence-corrected chi connectivity index (χ2v) is 26.9. The van der Waals surface area contributed by atoms with Crippen LogP contribution >= 0.6 is 11.8 Å². The van der Waals surface area contributed by atoms with Crippen molar-refractivity contribution in [1.29, 1.82) is 0 Å². The SMILES string of the molecule is CC(C)(C)[C@@H](C[Si](C)(C)CCOC(=O)NCCCNC(=O)CSC[C@H](NC(=O)CCOCCOCCOCCOCCNC(=O)CNC(=O)OCc1ccccc1)C(=O)O)c1cc(-c2cc(F)ccc2F)cn1Cc1ccccc1. The minimum Gasteiger partial charge on any atom is -0.480 e. The number of carbonyl (C=O) groups is 6. The van der Waals surface area contributed by atoms with Gasteiger partial charge in [-0.05, 0) is 59.3 Å². The van der Waals surface area contributed by atoms with Crippen LogP contribution in [-0.4, -0.2) is 157 Å². The zero-order chi connectivity index (χ0) is 58.2. The zero-order valence-corrected chi connectivity index (χ0v) is 48.4. The Hall–Kier alpha value is -6.37. The summed E-state index contributed by atoms with van der Waals surface area (Å²) in [7, 11) is -2.03. The summed E-state index contributed by atoms with van der Waals surface area (Å²) in [6.45, 7) is 14.6. The molecule has 0 aliphatic heterocycles. The fraction of sp³-hybridized carbons (Fsp3) is 0.509. The maximum Gasteiger partial charge on any atom is 0.407 e. The van der Waals surface area contributed by atoms with Gasteiger partial charge in [0.1, 0.15) is 24.3 Å². The number of ether oxygens (including phenoxy) is 6. The third kappa shape index (κ3) is 27.2. The number of thioether (sulfide) groups is 1. The predicted octanol–water partition coefficient (Wildman–Crippen LogP) is 7.35. The first-order chi connectivity index (χ1) is 38.3. The normalized spacial score (nSPS) is 12.2. The molecule has 0 bridgehead atoms. The van der Waals surface area contributed by atoms with E-state index in [1.165, 1.54) is 6.07 Å². The summed E-state index contributed by atoms with van der Waals surface area (Å²) >= 11 is 1.06. The number of aliphatic carboxylic acids is 1. The Morgan fingerprint density at radius 2 is 1.27 bits per heavy atom. The molecule has 0 saturated carbocycles. The smallest absolute Gasteiger partial charge is 0.407 e. The number of carboxylic acids is 1. The van der Waals surface area contributed by atoms with Gasteiger partial charge >= 0.3 is 18.2 Å². The van der Waals surface area contributed by atoms with Crippen molar-refractivity contribution in [1.82, 2.24) is 31.2 Å². The number of carboxylic acid groups (broad SMARTS) is 1. The van der Waals surface area contributed by atoms with E-state index in [2.05, 4.69) is 65.0 Å². The fourth-order valence-corrected chi connectivity index (χ4v) is 11.7. The van der Waals surface area contributed by atoms with E-state index in [0.29, 0.717) is 51.0 Å². The monoisotopic (exact) mass is 1150 g/mol. The molecule has 1 heterocycles. The van der Waals surface area contributed by atoms with E-state index >= 15 is 4.39 Å². The van der Waals surface area contributed by atoms with Crippen LogP contribution < -0.4 is 26.6 Å². The first-order valence-electron chi connectivity index (χ1n) is 26.8. The Morgan fingerprint density at radius 1 is 0.675 bits per heavy atom. The van der Waals surface area contributed by atoms with Crippen molar-refractivity contribution in [3.63, 3.8) is 0 Å². The van der Waals surface area contributed by atoms with Gasteiger partial charge < -0.3 is 64.7 Å². The molecule has 4 rings (SSSR count). The number of benzene rings is 3. The zero-order valence-electron chi connectivity index (χ0n) is 46.6. The number of hydrogen-bond donors (Lipinski definition) is 6. The van der Waals surface area contributed by atoms with E-state index in [-0.39, 0.29) is 112 Å². The van der Waals surface area contributed by atoms with Crippen molar-refractivity contribution in [3.8, 4) is 11.1 Å². The van der Waals surface area contributed by atoms with Gasteiger partial charge in [-0.15, -0.1) is 11.8 Å². The number of amides is 5. The number of rotatable bonds is 38. The van der Waals surface area contributed by atoms with Crippen LogP contribution in [0.4, 0.5) is 18.4 Å². The molecule has 0 fully saturated rings. The minimum atomic E-state index is -2.03. The van der Waals surface area contributed by atoms with Crippen LogP contribution in [-0.2, 0) is 60.8 Å². The lowest BCUT2D eigenvalue weighted by atomic mass is 9.79. The summed E-state index contributed by atoms with van der Waals surface area (Å²) in [5.41, 5.74) is 3.59. The van der Waals surface area contributed by atoms with Gasteiger partial charge in [0, 0.05) is 67.3 Å². The van der Waals surface area contributed by atoms with Crippen LogP contribution in [0.15, 0.2) is 91.1 Å². The molecule has 0 radical (unpaired) electrons. The average molecular weight is 1160 g/mol. The topological polar surface area (TPSA) is 243 Å². The predicted molar refractivity (Wildman–Crippen MR) is 304 cm³/mol. The van der Waals surface area contributed by atoms with Gasteiger partial charge in [0.2, 0.25) is 17.7 Å². The number of hydrogen-bond acceptors (Lipinski definition) is 13. The van der Waals surface area contributed by atoms with E-state index in [0.717, 1.165) is 46.8 Å². The number of alkyl carbamates (subject to hydrolysis) is 2. The number of aromatic nitrogens is 1. The van der Waals surface area contributed by atoms with Crippen LogP contribution in [0.5, 0.6) is 0 Å². The molecule has 0 spiro atoms. The Balaban J connectivity index is 0.987. The van der Waals surface area contributed by atoms with Crippen molar-refractivity contribution < 1.29 is 71.1 Å². The molecule has 3 aromatic carbocycles. The number of nitrogens with zero attached hydrogens (tertiary/aromatic N) is 1. The lowest BCUT2D eigenvalue weighted by Gasteiger charge is -2.37. The van der Waals surface area contributed by atoms with Gasteiger partial charge in [-0.25, -0.2) is 23.2 Å². The van der Waals surface area contributed by atoms with Crippen LogP contribution in [0.1, 0.15) is 56.4 Å². The van der Waals surface area contributed by atoms with Crippen molar-refractivity contribution >= 4 is 55.7 Å². The summed E-state index contributed by atoms with van der Waals surface area (Å²) in [6, 6.07) is 25.0. The average Bonchev–Trinajstić information content (AvgIpc) is 3.84. The highest BCUT2D eigenvalue weighted by Crippen LogP contribution is 2.44. The maximum atomic E-state index is 15.0. The second-order valence-electron chi connectivity index (χ2n) is 20.6. The molecule has 80 heavy (non-hydrogen) atoms. The molecule has 19 nitrogen and oxygen atoms in total. The highest BCUT2D eigenvalue weighted by atomic mass is 32.2. The molecule has 6 N–H and O–H groups in total. The third-order valence-electron chi connectivity index (χ3n) is 12.4. The highest BCUT2D eigenvalue weighted by Gasteiger charge is 2.36. The van der Waals surface area contributed by atoms with Crippen molar-refractivity contribution in [2.75, 3.05) is 97.1 Å². The van der Waals surface area contributed by atoms with Gasteiger partial charge in [-0.3, -0.25) is 14.4 Å². The van der Waals surface area contributed by atoms with E-state index in [4.69, 9.17) is 28.4 Å². The Bertz CT molecular complexity index is 2520. The van der Waals surface area contributed by atoms with Crippen molar-refractivity contribution in [3.05, 3.63) is 120 Å². The van der Waals surface area contributed by atoms with Crippen LogP contribution in [0.2, 0.25) is 25.2 Å². The molecule has 440 valence electrons. The van der Waals surface area contributed by atoms with Crippen LogP contribution in [0.25, 0.3) is 11.1 Å². The molecule has 4 aromatic rings. The van der Waals surface area contributed by atoms with Crippen molar-refractivity contribution in [2.45, 2.75) is 83.9 Å². The number of nitrogens with one attached hydrogen (secondary N) is 5. The maximum absolute atomic E-state index is 15.0.